The third-order valence-electron chi connectivity index (χ3n) is 4.74. The zero-order valence-electron chi connectivity index (χ0n) is 14.6. The van der Waals surface area contributed by atoms with Gasteiger partial charge in [-0.3, -0.25) is 0 Å². The first-order valence-corrected chi connectivity index (χ1v) is 9.54. The summed E-state index contributed by atoms with van der Waals surface area (Å²) in [7, 11) is 0. The molecule has 3 aromatic carbocycles. The molecule has 0 unspecified atom stereocenters. The van der Waals surface area contributed by atoms with Crippen molar-refractivity contribution in [1.29, 1.82) is 0 Å². The lowest BCUT2D eigenvalue weighted by Gasteiger charge is -2.29. The van der Waals surface area contributed by atoms with Gasteiger partial charge in [0.15, 0.2) is 11.4 Å². The van der Waals surface area contributed by atoms with Crippen LogP contribution in [0.4, 0.5) is 0 Å². The SMILES string of the molecule is OCCn1c(C(O)(c2ccccc2)c2ccccc2)nc2ccc(Br)cc21. The second-order valence-corrected chi connectivity index (χ2v) is 7.30. The average Bonchev–Trinajstić information content (AvgIpc) is 3.07. The molecule has 136 valence electrons. The number of hydrogen-bond acceptors (Lipinski definition) is 3. The lowest BCUT2D eigenvalue weighted by Crippen LogP contribution is -2.33. The van der Waals surface area contributed by atoms with E-state index in [1.165, 1.54) is 0 Å². The van der Waals surface area contributed by atoms with Crippen LogP contribution in [0.25, 0.3) is 11.0 Å². The molecule has 0 aliphatic heterocycles. The minimum Gasteiger partial charge on any atom is -0.395 e. The van der Waals surface area contributed by atoms with E-state index in [1.54, 1.807) is 0 Å². The number of fused-ring (bicyclic) bond motifs is 1. The molecule has 0 fully saturated rings. The Hall–Kier alpha value is -2.47. The average molecular weight is 423 g/mol. The van der Waals surface area contributed by atoms with E-state index in [0.717, 1.165) is 26.6 Å². The summed E-state index contributed by atoms with van der Waals surface area (Å²) in [5, 5.41) is 21.7. The van der Waals surface area contributed by atoms with Crippen molar-refractivity contribution in [3.05, 3.63) is 100 Å². The van der Waals surface area contributed by atoms with E-state index >= 15 is 0 Å². The summed E-state index contributed by atoms with van der Waals surface area (Å²) in [6, 6.07) is 24.8. The molecule has 0 amide bonds. The molecule has 0 bridgehead atoms. The van der Waals surface area contributed by atoms with E-state index in [2.05, 4.69) is 15.9 Å². The van der Waals surface area contributed by atoms with Gasteiger partial charge >= 0.3 is 0 Å². The van der Waals surface area contributed by atoms with Crippen molar-refractivity contribution in [2.45, 2.75) is 12.1 Å². The molecule has 27 heavy (non-hydrogen) atoms. The van der Waals surface area contributed by atoms with Crippen molar-refractivity contribution in [3.8, 4) is 0 Å². The lowest BCUT2D eigenvalue weighted by molar-refractivity contribution is 0.110. The molecule has 0 spiro atoms. The van der Waals surface area contributed by atoms with Crippen LogP contribution in [0, 0.1) is 0 Å². The molecule has 0 radical (unpaired) electrons. The Balaban J connectivity index is 2.06. The highest BCUT2D eigenvalue weighted by atomic mass is 79.9. The van der Waals surface area contributed by atoms with Crippen LogP contribution in [0.15, 0.2) is 83.3 Å². The molecule has 0 saturated carbocycles. The van der Waals surface area contributed by atoms with E-state index < -0.39 is 5.60 Å². The van der Waals surface area contributed by atoms with E-state index in [0.29, 0.717) is 12.4 Å². The highest BCUT2D eigenvalue weighted by molar-refractivity contribution is 9.10. The van der Waals surface area contributed by atoms with Crippen LogP contribution in [-0.4, -0.2) is 26.4 Å². The minimum absolute atomic E-state index is 0.0510. The van der Waals surface area contributed by atoms with Crippen LogP contribution < -0.4 is 0 Å². The Morgan fingerprint density at radius 1 is 0.889 bits per heavy atom. The number of hydrogen-bond donors (Lipinski definition) is 2. The smallest absolute Gasteiger partial charge is 0.173 e. The zero-order valence-corrected chi connectivity index (χ0v) is 16.2. The Labute approximate surface area is 165 Å². The molecule has 0 aliphatic rings. The number of rotatable bonds is 5. The molecule has 4 aromatic rings. The molecule has 0 atom stereocenters. The summed E-state index contributed by atoms with van der Waals surface area (Å²) in [4.78, 5) is 4.78. The maximum absolute atomic E-state index is 12.0. The fraction of sp³-hybridized carbons (Fsp3) is 0.136. The molecule has 5 heteroatoms. The Bertz CT molecular complexity index is 1020. The number of imidazole rings is 1. The molecule has 1 aromatic heterocycles. The minimum atomic E-state index is -1.44. The van der Waals surface area contributed by atoms with Crippen LogP contribution in [0.2, 0.25) is 0 Å². The van der Waals surface area contributed by atoms with Crippen LogP contribution in [0.3, 0.4) is 0 Å². The van der Waals surface area contributed by atoms with Gasteiger partial charge in [-0.1, -0.05) is 76.6 Å². The van der Waals surface area contributed by atoms with Gasteiger partial charge < -0.3 is 14.8 Å². The van der Waals surface area contributed by atoms with Crippen molar-refractivity contribution in [2.75, 3.05) is 6.61 Å². The monoisotopic (exact) mass is 422 g/mol. The summed E-state index contributed by atoms with van der Waals surface area (Å²) in [5.41, 5.74) is 1.64. The Morgan fingerprint density at radius 3 is 2.04 bits per heavy atom. The first-order valence-electron chi connectivity index (χ1n) is 8.75. The van der Waals surface area contributed by atoms with Crippen molar-refractivity contribution in [1.82, 2.24) is 9.55 Å². The van der Waals surface area contributed by atoms with Gasteiger partial charge in [0.1, 0.15) is 0 Å². The van der Waals surface area contributed by atoms with Gasteiger partial charge in [0.2, 0.25) is 0 Å². The standard InChI is InChI=1S/C22H19BrN2O2/c23-18-11-12-19-20(15-18)25(13-14-26)21(24-19)22(27,16-7-3-1-4-8-16)17-9-5-2-6-10-17/h1-12,15,26-27H,13-14H2. The fourth-order valence-electron chi connectivity index (χ4n) is 3.48. The maximum Gasteiger partial charge on any atom is 0.173 e. The predicted octanol–water partition coefficient (Wildman–Crippen LogP) is 4.08. The van der Waals surface area contributed by atoms with E-state index in [4.69, 9.17) is 4.98 Å². The van der Waals surface area contributed by atoms with E-state index in [-0.39, 0.29) is 6.61 Å². The molecule has 0 saturated heterocycles. The van der Waals surface area contributed by atoms with Crippen LogP contribution in [-0.2, 0) is 12.1 Å². The van der Waals surface area contributed by atoms with Crippen molar-refractivity contribution < 1.29 is 10.2 Å². The highest BCUT2D eigenvalue weighted by Crippen LogP contribution is 2.37. The highest BCUT2D eigenvalue weighted by Gasteiger charge is 2.38. The summed E-state index contributed by atoms with van der Waals surface area (Å²) in [5.74, 6) is 0.488. The number of aromatic nitrogens is 2. The Kier molecular flexibility index (Phi) is 4.83. The molecule has 2 N–H and O–H groups in total. The van der Waals surface area contributed by atoms with Crippen molar-refractivity contribution in [2.24, 2.45) is 0 Å². The number of benzene rings is 3. The first-order chi connectivity index (χ1) is 13.1. The van der Waals surface area contributed by atoms with E-state index in [9.17, 15) is 10.2 Å². The van der Waals surface area contributed by atoms with Crippen molar-refractivity contribution in [3.63, 3.8) is 0 Å². The molecular formula is C22H19BrN2O2. The molecular weight excluding hydrogens is 404 g/mol. The maximum atomic E-state index is 12.0. The lowest BCUT2D eigenvalue weighted by atomic mass is 9.85. The number of nitrogens with zero attached hydrogens (tertiary/aromatic N) is 2. The Morgan fingerprint density at radius 2 is 1.48 bits per heavy atom. The second-order valence-electron chi connectivity index (χ2n) is 6.39. The number of aliphatic hydroxyl groups is 2. The van der Waals surface area contributed by atoms with Gasteiger partial charge in [0.05, 0.1) is 17.6 Å². The topological polar surface area (TPSA) is 58.3 Å². The first kappa shape index (κ1) is 17.9. The quantitative estimate of drug-likeness (QED) is 0.509. The summed E-state index contributed by atoms with van der Waals surface area (Å²) in [6.45, 7) is 0.287. The van der Waals surface area contributed by atoms with Gasteiger partial charge in [-0.05, 0) is 29.3 Å². The normalized spacial score (nSPS) is 11.8. The van der Waals surface area contributed by atoms with Crippen LogP contribution in [0.1, 0.15) is 17.0 Å². The van der Waals surface area contributed by atoms with Crippen LogP contribution in [0.5, 0.6) is 0 Å². The second kappa shape index (κ2) is 7.27. The van der Waals surface area contributed by atoms with Gasteiger partial charge in [-0.15, -0.1) is 0 Å². The van der Waals surface area contributed by atoms with Crippen LogP contribution >= 0.6 is 15.9 Å². The fourth-order valence-corrected chi connectivity index (χ4v) is 3.83. The van der Waals surface area contributed by atoms with Crippen molar-refractivity contribution >= 4 is 27.0 Å². The zero-order chi connectivity index (χ0) is 18.9. The molecule has 1 heterocycles. The third kappa shape index (κ3) is 3.08. The molecule has 4 rings (SSSR count). The number of halogens is 1. The van der Waals surface area contributed by atoms with Gasteiger partial charge in [-0.2, -0.15) is 0 Å². The summed E-state index contributed by atoms with van der Waals surface area (Å²) >= 11 is 3.50. The van der Waals surface area contributed by atoms with Gasteiger partial charge in [0.25, 0.3) is 0 Å². The molecule has 4 nitrogen and oxygen atoms in total. The largest absolute Gasteiger partial charge is 0.395 e. The van der Waals surface area contributed by atoms with E-state index in [1.807, 2.05) is 83.4 Å². The van der Waals surface area contributed by atoms with Gasteiger partial charge in [0, 0.05) is 11.0 Å². The predicted molar refractivity (Wildman–Crippen MR) is 110 cm³/mol. The third-order valence-corrected chi connectivity index (χ3v) is 5.23. The van der Waals surface area contributed by atoms with Gasteiger partial charge in [-0.25, -0.2) is 4.98 Å². The summed E-state index contributed by atoms with van der Waals surface area (Å²) in [6.07, 6.45) is 0. The molecule has 0 aliphatic carbocycles. The summed E-state index contributed by atoms with van der Waals surface area (Å²) < 4.78 is 2.81. The number of aliphatic hydroxyl groups excluding tert-OH is 1.